The van der Waals surface area contributed by atoms with Gasteiger partial charge in [-0.3, -0.25) is 9.69 Å². The van der Waals surface area contributed by atoms with Crippen LogP contribution in [0.4, 0.5) is 5.69 Å². The predicted molar refractivity (Wildman–Crippen MR) is 93.7 cm³/mol. The minimum Gasteiger partial charge on any atom is -0.368 e. The third-order valence-corrected chi connectivity index (χ3v) is 5.03. The summed E-state index contributed by atoms with van der Waals surface area (Å²) in [5.41, 5.74) is 2.66. The van der Waals surface area contributed by atoms with Crippen molar-refractivity contribution < 1.29 is 4.79 Å². The van der Waals surface area contributed by atoms with Crippen molar-refractivity contribution in [2.45, 2.75) is 13.5 Å². The highest BCUT2D eigenvalue weighted by Gasteiger charge is 2.19. The summed E-state index contributed by atoms with van der Waals surface area (Å²) in [6.45, 7) is 10.9. The van der Waals surface area contributed by atoms with Gasteiger partial charge in [0.1, 0.15) is 0 Å². The molecule has 1 aromatic carbocycles. The lowest BCUT2D eigenvalue weighted by Crippen LogP contribution is -2.48. The molecule has 0 aliphatic carbocycles. The van der Waals surface area contributed by atoms with Crippen molar-refractivity contribution in [1.29, 1.82) is 0 Å². The van der Waals surface area contributed by atoms with Gasteiger partial charge in [-0.05, 0) is 24.7 Å². The Morgan fingerprint density at radius 2 is 1.52 bits per heavy atom. The van der Waals surface area contributed by atoms with Gasteiger partial charge < -0.3 is 14.7 Å². The molecule has 0 atom stereocenters. The number of hydrogen-bond donors (Lipinski definition) is 0. The van der Waals surface area contributed by atoms with Gasteiger partial charge in [-0.2, -0.15) is 0 Å². The zero-order valence-electron chi connectivity index (χ0n) is 14.4. The van der Waals surface area contributed by atoms with Crippen molar-refractivity contribution in [2.75, 3.05) is 64.3 Å². The van der Waals surface area contributed by atoms with E-state index in [-0.39, 0.29) is 5.91 Å². The molecule has 0 spiro atoms. The molecule has 0 unspecified atom stereocenters. The summed E-state index contributed by atoms with van der Waals surface area (Å²) in [6.07, 6.45) is 0. The van der Waals surface area contributed by atoms with Crippen LogP contribution in [0.5, 0.6) is 0 Å². The van der Waals surface area contributed by atoms with Crippen molar-refractivity contribution in [2.24, 2.45) is 0 Å². The maximum atomic E-state index is 11.4. The highest BCUT2D eigenvalue weighted by atomic mass is 16.2. The fraction of sp³-hybridized carbons (Fsp3) is 0.611. The second-order valence-corrected chi connectivity index (χ2v) is 6.74. The average Bonchev–Trinajstić information content (AvgIpc) is 2.58. The highest BCUT2D eigenvalue weighted by Crippen LogP contribution is 2.18. The maximum absolute atomic E-state index is 11.4. The molecule has 0 saturated carbocycles. The van der Waals surface area contributed by atoms with Gasteiger partial charge in [0.05, 0.1) is 0 Å². The molecule has 0 aromatic heterocycles. The topological polar surface area (TPSA) is 30.0 Å². The van der Waals surface area contributed by atoms with Gasteiger partial charge in [0.25, 0.3) is 0 Å². The second-order valence-electron chi connectivity index (χ2n) is 6.74. The minimum atomic E-state index is 0.187. The lowest BCUT2D eigenvalue weighted by Gasteiger charge is -2.36. The molecule has 2 saturated heterocycles. The molecule has 126 valence electrons. The Labute approximate surface area is 139 Å². The number of likely N-dealkylation sites (N-methyl/N-ethyl adjacent to an activating group) is 1. The normalized spacial score (nSPS) is 20.8. The third-order valence-electron chi connectivity index (χ3n) is 5.03. The van der Waals surface area contributed by atoms with Crippen LogP contribution in [0.3, 0.4) is 0 Å². The largest absolute Gasteiger partial charge is 0.368 e. The van der Waals surface area contributed by atoms with Crippen LogP contribution in [0.1, 0.15) is 12.5 Å². The predicted octanol–water partition coefficient (Wildman–Crippen LogP) is 1.10. The molecule has 0 bridgehead atoms. The Morgan fingerprint density at radius 3 is 2.09 bits per heavy atom. The zero-order chi connectivity index (χ0) is 16.2. The number of anilines is 1. The van der Waals surface area contributed by atoms with Gasteiger partial charge in [-0.15, -0.1) is 0 Å². The maximum Gasteiger partial charge on any atom is 0.219 e. The third kappa shape index (κ3) is 4.24. The van der Waals surface area contributed by atoms with E-state index in [0.717, 1.165) is 45.8 Å². The van der Waals surface area contributed by atoms with E-state index in [1.165, 1.54) is 24.3 Å². The molecule has 3 rings (SSSR count). The van der Waals surface area contributed by atoms with Gasteiger partial charge in [0.15, 0.2) is 0 Å². The molecular formula is C18H28N4O. The fourth-order valence-electron chi connectivity index (χ4n) is 3.36. The van der Waals surface area contributed by atoms with Crippen LogP contribution in [-0.2, 0) is 11.3 Å². The molecular weight excluding hydrogens is 288 g/mol. The van der Waals surface area contributed by atoms with Gasteiger partial charge in [0, 0.05) is 71.5 Å². The van der Waals surface area contributed by atoms with Crippen LogP contribution < -0.4 is 4.90 Å². The number of nitrogens with zero attached hydrogens (tertiary/aromatic N) is 4. The van der Waals surface area contributed by atoms with E-state index in [4.69, 9.17) is 0 Å². The Hall–Kier alpha value is -1.59. The van der Waals surface area contributed by atoms with Crippen LogP contribution in [-0.4, -0.2) is 80.0 Å². The van der Waals surface area contributed by atoms with E-state index in [1.807, 2.05) is 4.90 Å². The Balaban J connectivity index is 1.52. The minimum absolute atomic E-state index is 0.187. The number of rotatable bonds is 3. The number of amides is 1. The first kappa shape index (κ1) is 16.3. The van der Waals surface area contributed by atoms with Gasteiger partial charge >= 0.3 is 0 Å². The summed E-state index contributed by atoms with van der Waals surface area (Å²) in [7, 11) is 2.19. The van der Waals surface area contributed by atoms with Crippen molar-refractivity contribution in [3.8, 4) is 0 Å². The molecule has 1 amide bonds. The van der Waals surface area contributed by atoms with Gasteiger partial charge in [0.2, 0.25) is 5.91 Å². The first-order valence-corrected chi connectivity index (χ1v) is 8.62. The smallest absolute Gasteiger partial charge is 0.219 e. The summed E-state index contributed by atoms with van der Waals surface area (Å²) in [4.78, 5) is 20.6. The highest BCUT2D eigenvalue weighted by molar-refractivity contribution is 5.73. The summed E-state index contributed by atoms with van der Waals surface area (Å²) in [5.74, 6) is 0.187. The number of benzene rings is 1. The van der Waals surface area contributed by atoms with Crippen molar-refractivity contribution >= 4 is 11.6 Å². The molecule has 2 aliphatic heterocycles. The molecule has 2 fully saturated rings. The van der Waals surface area contributed by atoms with Crippen LogP contribution in [0.2, 0.25) is 0 Å². The van der Waals surface area contributed by atoms with E-state index in [1.54, 1.807) is 6.92 Å². The number of carbonyl (C=O) groups is 1. The average molecular weight is 316 g/mol. The molecule has 2 aliphatic rings. The number of piperazine rings is 2. The van der Waals surface area contributed by atoms with E-state index in [0.29, 0.717) is 0 Å². The van der Waals surface area contributed by atoms with Gasteiger partial charge in [-0.1, -0.05) is 12.1 Å². The van der Waals surface area contributed by atoms with Crippen molar-refractivity contribution in [1.82, 2.24) is 14.7 Å². The lowest BCUT2D eigenvalue weighted by molar-refractivity contribution is -0.129. The van der Waals surface area contributed by atoms with Crippen LogP contribution in [0.15, 0.2) is 24.3 Å². The van der Waals surface area contributed by atoms with Crippen LogP contribution in [0, 0.1) is 0 Å². The lowest BCUT2D eigenvalue weighted by atomic mass is 10.1. The summed E-state index contributed by atoms with van der Waals surface area (Å²) < 4.78 is 0. The molecule has 5 heteroatoms. The Morgan fingerprint density at radius 1 is 0.913 bits per heavy atom. The molecule has 0 N–H and O–H groups in total. The fourth-order valence-corrected chi connectivity index (χ4v) is 3.36. The summed E-state index contributed by atoms with van der Waals surface area (Å²) in [6, 6.07) is 8.97. The quantitative estimate of drug-likeness (QED) is 0.835. The van der Waals surface area contributed by atoms with E-state index in [2.05, 4.69) is 46.0 Å². The molecule has 23 heavy (non-hydrogen) atoms. The molecule has 2 heterocycles. The number of carbonyl (C=O) groups excluding carboxylic acids is 1. The van der Waals surface area contributed by atoms with E-state index >= 15 is 0 Å². The first-order chi connectivity index (χ1) is 11.1. The zero-order valence-corrected chi connectivity index (χ0v) is 14.4. The monoisotopic (exact) mass is 316 g/mol. The second kappa shape index (κ2) is 7.32. The van der Waals surface area contributed by atoms with E-state index < -0.39 is 0 Å². The Bertz CT molecular complexity index is 514. The van der Waals surface area contributed by atoms with E-state index in [9.17, 15) is 4.79 Å². The van der Waals surface area contributed by atoms with Crippen molar-refractivity contribution in [3.63, 3.8) is 0 Å². The van der Waals surface area contributed by atoms with Crippen LogP contribution in [0.25, 0.3) is 0 Å². The molecule has 5 nitrogen and oxygen atoms in total. The number of hydrogen-bond acceptors (Lipinski definition) is 4. The first-order valence-electron chi connectivity index (χ1n) is 8.62. The Kier molecular flexibility index (Phi) is 5.18. The van der Waals surface area contributed by atoms with Crippen LogP contribution >= 0.6 is 0 Å². The SMILES string of the molecule is CC(=O)N1CCN(c2ccc(CN3CCN(C)CC3)cc2)CC1. The standard InChI is InChI=1S/C18H28N4O/c1-16(23)21-11-13-22(14-12-21)18-5-3-17(4-6-18)15-20-9-7-19(2)8-10-20/h3-6H,7-15H2,1-2H3. The van der Waals surface area contributed by atoms with Crippen molar-refractivity contribution in [3.05, 3.63) is 29.8 Å². The molecule has 0 radical (unpaired) electrons. The van der Waals surface area contributed by atoms with Gasteiger partial charge in [-0.25, -0.2) is 0 Å². The summed E-state index contributed by atoms with van der Waals surface area (Å²) in [5, 5.41) is 0. The molecule has 1 aromatic rings. The summed E-state index contributed by atoms with van der Waals surface area (Å²) >= 11 is 0.